The summed E-state index contributed by atoms with van der Waals surface area (Å²) in [5.74, 6) is 0.0647. The number of nitrogens with zero attached hydrogens (tertiary/aromatic N) is 2. The maximum Gasteiger partial charge on any atom is 0.292 e. The summed E-state index contributed by atoms with van der Waals surface area (Å²) in [7, 11) is 1.51. The van der Waals surface area contributed by atoms with E-state index in [9.17, 15) is 4.79 Å². The van der Waals surface area contributed by atoms with E-state index in [0.717, 1.165) is 6.54 Å². The lowest BCUT2D eigenvalue weighted by molar-refractivity contribution is 0.0659. The number of nitrogens with one attached hydrogen (secondary N) is 2. The van der Waals surface area contributed by atoms with Crippen LogP contribution in [-0.2, 0) is 4.74 Å². The van der Waals surface area contributed by atoms with Crippen LogP contribution in [-0.4, -0.2) is 42.9 Å². The summed E-state index contributed by atoms with van der Waals surface area (Å²) in [6, 6.07) is -0.121. The zero-order valence-electron chi connectivity index (χ0n) is 8.32. The predicted molar refractivity (Wildman–Crippen MR) is 49.3 cm³/mol. The highest BCUT2D eigenvalue weighted by atomic mass is 16.5. The highest BCUT2D eigenvalue weighted by Gasteiger charge is 2.23. The minimum atomic E-state index is -0.360. The number of carbonyl (C=O) groups is 1. The molecule has 1 aliphatic heterocycles. The third kappa shape index (κ3) is 2.13. The van der Waals surface area contributed by atoms with E-state index < -0.39 is 0 Å². The van der Waals surface area contributed by atoms with Gasteiger partial charge in [-0.15, -0.1) is 0 Å². The van der Waals surface area contributed by atoms with Gasteiger partial charge in [-0.25, -0.2) is 0 Å². The molecule has 1 aliphatic rings. The van der Waals surface area contributed by atoms with Crippen molar-refractivity contribution < 1.29 is 14.1 Å². The van der Waals surface area contributed by atoms with Crippen molar-refractivity contribution in [1.82, 2.24) is 20.8 Å². The van der Waals surface area contributed by atoms with Gasteiger partial charge in [0.1, 0.15) is 6.04 Å². The fraction of sp³-hybridized carbons (Fsp3) is 0.625. The average molecular weight is 212 g/mol. The number of rotatable bonds is 2. The van der Waals surface area contributed by atoms with Crippen LogP contribution in [0.2, 0.25) is 0 Å². The van der Waals surface area contributed by atoms with Crippen LogP contribution in [0.4, 0.5) is 0 Å². The number of carbonyl (C=O) groups excluding carboxylic acids is 1. The fourth-order valence-electron chi connectivity index (χ4n) is 1.30. The number of hydrogen-bond acceptors (Lipinski definition) is 6. The topological polar surface area (TPSA) is 89.3 Å². The molecular weight excluding hydrogens is 200 g/mol. The summed E-state index contributed by atoms with van der Waals surface area (Å²) in [5, 5.41) is 9.14. The number of morpholine rings is 1. The van der Waals surface area contributed by atoms with E-state index in [1.165, 1.54) is 7.05 Å². The Morgan fingerprint density at radius 3 is 3.20 bits per heavy atom. The van der Waals surface area contributed by atoms with Gasteiger partial charge < -0.3 is 19.9 Å². The second-order valence-electron chi connectivity index (χ2n) is 3.12. The molecule has 1 amide bonds. The molecule has 0 radical (unpaired) electrons. The molecule has 1 saturated heterocycles. The van der Waals surface area contributed by atoms with Crippen LogP contribution >= 0.6 is 0 Å². The minimum Gasteiger partial charge on any atom is -0.378 e. The van der Waals surface area contributed by atoms with E-state index in [-0.39, 0.29) is 17.8 Å². The maximum absolute atomic E-state index is 11.2. The van der Waals surface area contributed by atoms with Gasteiger partial charge in [0, 0.05) is 13.6 Å². The largest absolute Gasteiger partial charge is 0.378 e. The lowest BCUT2D eigenvalue weighted by Gasteiger charge is -2.20. The quantitative estimate of drug-likeness (QED) is 0.659. The molecule has 1 aromatic rings. The van der Waals surface area contributed by atoms with Gasteiger partial charge in [-0.1, -0.05) is 5.16 Å². The van der Waals surface area contributed by atoms with E-state index in [4.69, 9.17) is 9.26 Å². The van der Waals surface area contributed by atoms with Gasteiger partial charge in [0.25, 0.3) is 11.7 Å². The van der Waals surface area contributed by atoms with E-state index in [1.54, 1.807) is 0 Å². The second-order valence-corrected chi connectivity index (χ2v) is 3.12. The first kappa shape index (κ1) is 10.1. The van der Waals surface area contributed by atoms with Gasteiger partial charge in [-0.05, 0) is 0 Å². The summed E-state index contributed by atoms with van der Waals surface area (Å²) in [6.45, 7) is 1.89. The Labute approximate surface area is 86.2 Å². The third-order valence-corrected chi connectivity index (χ3v) is 2.09. The molecule has 15 heavy (non-hydrogen) atoms. The van der Waals surface area contributed by atoms with Gasteiger partial charge in [0.2, 0.25) is 5.89 Å². The Hall–Kier alpha value is -1.47. The Balaban J connectivity index is 2.08. The zero-order chi connectivity index (χ0) is 10.7. The number of hydrogen-bond donors (Lipinski definition) is 2. The van der Waals surface area contributed by atoms with Crippen LogP contribution in [0.15, 0.2) is 4.52 Å². The molecule has 0 bridgehead atoms. The standard InChI is InChI=1S/C8H12N4O3/c1-9-7(13)6-11-8(15-12-6)5-4-14-3-2-10-5/h5,10H,2-4H2,1H3,(H,9,13). The highest BCUT2D eigenvalue weighted by Crippen LogP contribution is 2.13. The molecule has 0 aliphatic carbocycles. The smallest absolute Gasteiger partial charge is 0.292 e. The molecule has 0 spiro atoms. The van der Waals surface area contributed by atoms with Crippen molar-refractivity contribution in [3.63, 3.8) is 0 Å². The Kier molecular flexibility index (Phi) is 2.93. The van der Waals surface area contributed by atoms with Crippen LogP contribution in [0.3, 0.4) is 0 Å². The zero-order valence-corrected chi connectivity index (χ0v) is 8.32. The van der Waals surface area contributed by atoms with E-state index in [2.05, 4.69) is 20.8 Å². The van der Waals surface area contributed by atoms with Gasteiger partial charge in [0.15, 0.2) is 0 Å². The average Bonchev–Trinajstić information content (AvgIpc) is 2.78. The summed E-state index contributed by atoms with van der Waals surface area (Å²) < 4.78 is 10.2. The summed E-state index contributed by atoms with van der Waals surface area (Å²) >= 11 is 0. The van der Waals surface area contributed by atoms with Crippen LogP contribution < -0.4 is 10.6 Å². The first-order chi connectivity index (χ1) is 7.31. The predicted octanol–water partition coefficient (Wildman–Crippen LogP) is -0.910. The molecule has 2 heterocycles. The molecule has 1 aromatic heterocycles. The lowest BCUT2D eigenvalue weighted by Crippen LogP contribution is -2.34. The number of aromatic nitrogens is 2. The molecule has 0 aromatic carbocycles. The lowest BCUT2D eigenvalue weighted by atomic mass is 10.3. The summed E-state index contributed by atoms with van der Waals surface area (Å²) in [5.41, 5.74) is 0. The molecule has 7 heteroatoms. The van der Waals surface area contributed by atoms with E-state index >= 15 is 0 Å². The van der Waals surface area contributed by atoms with Crippen molar-refractivity contribution in [3.05, 3.63) is 11.7 Å². The van der Waals surface area contributed by atoms with Gasteiger partial charge in [-0.3, -0.25) is 4.79 Å². The molecule has 82 valence electrons. The molecule has 1 fully saturated rings. The fourth-order valence-corrected chi connectivity index (χ4v) is 1.30. The highest BCUT2D eigenvalue weighted by molar-refractivity contribution is 5.89. The van der Waals surface area contributed by atoms with Crippen LogP contribution in [0.25, 0.3) is 0 Å². The van der Waals surface area contributed by atoms with Crippen LogP contribution in [0, 0.1) is 0 Å². The summed E-state index contributed by atoms with van der Waals surface area (Å²) in [4.78, 5) is 15.1. The maximum atomic E-state index is 11.2. The molecule has 0 saturated carbocycles. The van der Waals surface area contributed by atoms with Crippen LogP contribution in [0.5, 0.6) is 0 Å². The van der Waals surface area contributed by atoms with E-state index in [1.807, 2.05) is 0 Å². The Bertz CT molecular complexity index is 345. The van der Waals surface area contributed by atoms with Crippen LogP contribution in [0.1, 0.15) is 22.6 Å². The minimum absolute atomic E-state index is 0.0415. The molecule has 7 nitrogen and oxygen atoms in total. The van der Waals surface area contributed by atoms with Crippen molar-refractivity contribution >= 4 is 5.91 Å². The van der Waals surface area contributed by atoms with Gasteiger partial charge >= 0.3 is 0 Å². The second kappa shape index (κ2) is 4.37. The van der Waals surface area contributed by atoms with Crippen molar-refractivity contribution in [2.75, 3.05) is 26.8 Å². The molecule has 1 atom stereocenters. The van der Waals surface area contributed by atoms with E-state index in [0.29, 0.717) is 19.1 Å². The Morgan fingerprint density at radius 1 is 1.67 bits per heavy atom. The first-order valence-corrected chi connectivity index (χ1v) is 4.68. The molecule has 1 unspecified atom stereocenters. The number of ether oxygens (including phenoxy) is 1. The van der Waals surface area contributed by atoms with Crippen molar-refractivity contribution in [2.45, 2.75) is 6.04 Å². The normalized spacial score (nSPS) is 21.3. The summed E-state index contributed by atoms with van der Waals surface area (Å²) in [6.07, 6.45) is 0. The van der Waals surface area contributed by atoms with Crippen molar-refractivity contribution in [3.8, 4) is 0 Å². The van der Waals surface area contributed by atoms with Crippen molar-refractivity contribution in [2.24, 2.45) is 0 Å². The third-order valence-electron chi connectivity index (χ3n) is 2.09. The van der Waals surface area contributed by atoms with Gasteiger partial charge in [-0.2, -0.15) is 4.98 Å². The first-order valence-electron chi connectivity index (χ1n) is 4.68. The molecule has 2 N–H and O–H groups in total. The van der Waals surface area contributed by atoms with Gasteiger partial charge in [0.05, 0.1) is 13.2 Å². The Morgan fingerprint density at radius 2 is 2.53 bits per heavy atom. The molecular formula is C8H12N4O3. The molecule has 2 rings (SSSR count). The monoisotopic (exact) mass is 212 g/mol. The number of amides is 1. The van der Waals surface area contributed by atoms with Crippen molar-refractivity contribution in [1.29, 1.82) is 0 Å². The SMILES string of the molecule is CNC(=O)c1noc(C2COCCN2)n1.